The van der Waals surface area contributed by atoms with E-state index >= 15 is 0 Å². The Labute approximate surface area is 113 Å². The molecule has 2 heterocycles. The smallest absolute Gasteiger partial charge is 0.320 e. The molecule has 0 saturated carbocycles. The van der Waals surface area contributed by atoms with Gasteiger partial charge in [-0.1, -0.05) is 0 Å². The van der Waals surface area contributed by atoms with Crippen LogP contribution in [0.15, 0.2) is 0 Å². The first-order valence-corrected chi connectivity index (χ1v) is 7.00. The van der Waals surface area contributed by atoms with Crippen molar-refractivity contribution in [2.75, 3.05) is 26.2 Å². The average molecular weight is 270 g/mol. The van der Waals surface area contributed by atoms with Gasteiger partial charge >= 0.3 is 12.0 Å². The first-order chi connectivity index (χ1) is 9.11. The van der Waals surface area contributed by atoms with Crippen molar-refractivity contribution in [3.05, 3.63) is 0 Å². The van der Waals surface area contributed by atoms with Crippen LogP contribution in [0.25, 0.3) is 0 Å². The summed E-state index contributed by atoms with van der Waals surface area (Å²) in [5.74, 6) is -0.737. The Hall–Kier alpha value is -1.30. The molecule has 0 bridgehead atoms. The lowest BCUT2D eigenvalue weighted by Crippen LogP contribution is -2.50. The Bertz CT molecular complexity index is 348. The number of carbonyl (C=O) groups excluding carboxylic acids is 1. The fraction of sp³-hybridized carbons (Fsp3) is 0.846. The van der Waals surface area contributed by atoms with Crippen molar-refractivity contribution in [3.63, 3.8) is 0 Å². The minimum Gasteiger partial charge on any atom is -0.481 e. The number of hydrogen-bond donors (Lipinski definition) is 2. The predicted octanol–water partition coefficient (Wildman–Crippen LogP) is 0.750. The molecule has 2 unspecified atom stereocenters. The summed E-state index contributed by atoms with van der Waals surface area (Å²) in [5.41, 5.74) is 0. The molecule has 2 aliphatic rings. The van der Waals surface area contributed by atoms with Crippen molar-refractivity contribution < 1.29 is 19.8 Å². The molecule has 0 aliphatic carbocycles. The molecule has 0 radical (unpaired) electrons. The van der Waals surface area contributed by atoms with Crippen LogP contribution in [-0.2, 0) is 4.79 Å². The number of piperidine rings is 1. The highest BCUT2D eigenvalue weighted by molar-refractivity contribution is 5.75. The van der Waals surface area contributed by atoms with E-state index in [-0.39, 0.29) is 31.0 Å². The van der Waals surface area contributed by atoms with Crippen LogP contribution in [0.2, 0.25) is 0 Å². The molecular weight excluding hydrogens is 248 g/mol. The third-order valence-corrected chi connectivity index (χ3v) is 4.09. The highest BCUT2D eigenvalue weighted by Gasteiger charge is 2.33. The predicted molar refractivity (Wildman–Crippen MR) is 68.8 cm³/mol. The van der Waals surface area contributed by atoms with Crippen molar-refractivity contribution in [1.82, 2.24) is 9.80 Å². The Morgan fingerprint density at radius 3 is 2.58 bits per heavy atom. The number of carbonyl (C=O) groups is 2. The molecule has 2 amide bonds. The van der Waals surface area contributed by atoms with Gasteiger partial charge in [-0.25, -0.2) is 4.79 Å². The van der Waals surface area contributed by atoms with Gasteiger partial charge in [0.15, 0.2) is 0 Å². The number of carboxylic acids is 1. The lowest BCUT2D eigenvalue weighted by molar-refractivity contribution is -0.138. The number of likely N-dealkylation sites (tertiary alicyclic amines) is 2. The minimum absolute atomic E-state index is 0.0120. The Balaban J connectivity index is 1.93. The average Bonchev–Trinajstić information content (AvgIpc) is 2.85. The molecular formula is C13H22N2O4. The molecule has 19 heavy (non-hydrogen) atoms. The third-order valence-electron chi connectivity index (χ3n) is 4.09. The largest absolute Gasteiger partial charge is 0.481 e. The van der Waals surface area contributed by atoms with Crippen LogP contribution in [0, 0.1) is 5.92 Å². The SMILES string of the molecule is O=C(O)CC1CCCN(C(=O)N2CCCC2CO)C1. The van der Waals surface area contributed by atoms with E-state index in [1.807, 2.05) is 0 Å². The second-order valence-corrected chi connectivity index (χ2v) is 5.51. The molecule has 0 aromatic heterocycles. The number of aliphatic carboxylic acids is 1. The fourth-order valence-electron chi connectivity index (χ4n) is 3.11. The molecule has 2 saturated heterocycles. The molecule has 2 atom stereocenters. The molecule has 6 nitrogen and oxygen atoms in total. The number of hydrogen-bond acceptors (Lipinski definition) is 3. The first-order valence-electron chi connectivity index (χ1n) is 7.00. The third kappa shape index (κ3) is 3.37. The van der Waals surface area contributed by atoms with Gasteiger partial charge in [-0.2, -0.15) is 0 Å². The fourth-order valence-corrected chi connectivity index (χ4v) is 3.11. The number of rotatable bonds is 3. The Morgan fingerprint density at radius 2 is 1.89 bits per heavy atom. The van der Waals surface area contributed by atoms with Gasteiger partial charge in [0, 0.05) is 26.1 Å². The quantitative estimate of drug-likeness (QED) is 0.793. The molecule has 108 valence electrons. The van der Waals surface area contributed by atoms with E-state index in [4.69, 9.17) is 5.11 Å². The van der Waals surface area contributed by atoms with E-state index < -0.39 is 5.97 Å². The van der Waals surface area contributed by atoms with Crippen molar-refractivity contribution in [2.45, 2.75) is 38.1 Å². The molecule has 6 heteroatoms. The molecule has 2 fully saturated rings. The normalized spacial score (nSPS) is 27.6. The molecule has 2 N–H and O–H groups in total. The standard InChI is InChI=1S/C13H22N2O4/c16-9-11-4-2-6-15(11)13(19)14-5-1-3-10(8-14)7-12(17)18/h10-11,16H,1-9H2,(H,17,18). The van der Waals surface area contributed by atoms with Crippen LogP contribution >= 0.6 is 0 Å². The lowest BCUT2D eigenvalue weighted by Gasteiger charge is -2.36. The van der Waals surface area contributed by atoms with Gasteiger partial charge in [-0.3, -0.25) is 4.79 Å². The van der Waals surface area contributed by atoms with E-state index in [0.717, 1.165) is 25.7 Å². The summed E-state index contributed by atoms with van der Waals surface area (Å²) in [7, 11) is 0. The van der Waals surface area contributed by atoms with Gasteiger partial charge in [-0.15, -0.1) is 0 Å². The van der Waals surface area contributed by atoms with Crippen LogP contribution in [0.4, 0.5) is 4.79 Å². The van der Waals surface area contributed by atoms with E-state index in [0.29, 0.717) is 19.6 Å². The number of nitrogens with zero attached hydrogens (tertiary/aromatic N) is 2. The van der Waals surface area contributed by atoms with Gasteiger partial charge < -0.3 is 20.0 Å². The summed E-state index contributed by atoms with van der Waals surface area (Å²) >= 11 is 0. The summed E-state index contributed by atoms with van der Waals surface area (Å²) in [4.78, 5) is 26.6. The second-order valence-electron chi connectivity index (χ2n) is 5.51. The number of aliphatic hydroxyl groups excluding tert-OH is 1. The van der Waals surface area contributed by atoms with Crippen LogP contribution in [0.3, 0.4) is 0 Å². The van der Waals surface area contributed by atoms with Crippen molar-refractivity contribution in [3.8, 4) is 0 Å². The van der Waals surface area contributed by atoms with Gasteiger partial charge in [0.2, 0.25) is 0 Å². The summed E-state index contributed by atoms with van der Waals surface area (Å²) in [6.07, 6.45) is 3.66. The van der Waals surface area contributed by atoms with Crippen LogP contribution in [0.5, 0.6) is 0 Å². The van der Waals surface area contributed by atoms with Crippen molar-refractivity contribution >= 4 is 12.0 Å². The molecule has 2 aliphatic heterocycles. The second kappa shape index (κ2) is 6.23. The summed E-state index contributed by atoms with van der Waals surface area (Å²) in [6, 6.07) is -0.0982. The maximum Gasteiger partial charge on any atom is 0.320 e. The molecule has 0 aromatic rings. The highest BCUT2D eigenvalue weighted by Crippen LogP contribution is 2.24. The zero-order chi connectivity index (χ0) is 13.8. The minimum atomic E-state index is -0.797. The van der Waals surface area contributed by atoms with Crippen LogP contribution in [0.1, 0.15) is 32.1 Å². The Kier molecular flexibility index (Phi) is 4.63. The zero-order valence-electron chi connectivity index (χ0n) is 11.1. The topological polar surface area (TPSA) is 81.1 Å². The monoisotopic (exact) mass is 270 g/mol. The highest BCUT2D eigenvalue weighted by atomic mass is 16.4. The molecule has 0 aromatic carbocycles. The van der Waals surface area contributed by atoms with Crippen LogP contribution in [-0.4, -0.2) is 64.3 Å². The van der Waals surface area contributed by atoms with Crippen LogP contribution < -0.4 is 0 Å². The zero-order valence-corrected chi connectivity index (χ0v) is 11.1. The number of urea groups is 1. The van der Waals surface area contributed by atoms with E-state index in [1.54, 1.807) is 9.80 Å². The maximum absolute atomic E-state index is 12.4. The maximum atomic E-state index is 12.4. The van der Waals surface area contributed by atoms with Gasteiger partial charge in [0.05, 0.1) is 12.6 Å². The van der Waals surface area contributed by atoms with E-state index in [9.17, 15) is 14.7 Å². The molecule has 0 spiro atoms. The van der Waals surface area contributed by atoms with Gasteiger partial charge in [-0.05, 0) is 31.6 Å². The van der Waals surface area contributed by atoms with Crippen molar-refractivity contribution in [1.29, 1.82) is 0 Å². The summed E-state index contributed by atoms with van der Waals surface area (Å²) in [6.45, 7) is 1.94. The van der Waals surface area contributed by atoms with Crippen molar-refractivity contribution in [2.24, 2.45) is 5.92 Å². The first kappa shape index (κ1) is 14.1. The molecule has 2 rings (SSSR count). The summed E-state index contributed by atoms with van der Waals surface area (Å²) < 4.78 is 0. The van der Waals surface area contributed by atoms with E-state index in [1.165, 1.54) is 0 Å². The number of carboxylic acid groups (broad SMARTS) is 1. The van der Waals surface area contributed by atoms with Gasteiger partial charge in [0.25, 0.3) is 0 Å². The van der Waals surface area contributed by atoms with Gasteiger partial charge in [0.1, 0.15) is 0 Å². The lowest BCUT2D eigenvalue weighted by atomic mass is 9.95. The number of amides is 2. The summed E-state index contributed by atoms with van der Waals surface area (Å²) in [5, 5.41) is 18.1. The van der Waals surface area contributed by atoms with E-state index in [2.05, 4.69) is 0 Å². The Morgan fingerprint density at radius 1 is 1.16 bits per heavy atom. The number of aliphatic hydroxyl groups is 1.